The number of carbonyl (C=O) groups is 1. The van der Waals surface area contributed by atoms with Crippen LogP contribution in [0.25, 0.3) is 0 Å². The lowest BCUT2D eigenvalue weighted by Gasteiger charge is -2.13. The second-order valence-corrected chi connectivity index (χ2v) is 4.12. The van der Waals surface area contributed by atoms with E-state index in [1.807, 2.05) is 25.1 Å². The Kier molecular flexibility index (Phi) is 5.01. The number of carbonyl (C=O) groups excluding carboxylic acids is 1. The zero-order valence-electron chi connectivity index (χ0n) is 10.9. The maximum Gasteiger partial charge on any atom is 0.308 e. The number of ether oxygens (including phenoxy) is 2. The Morgan fingerprint density at radius 2 is 2.00 bits per heavy atom. The van der Waals surface area contributed by atoms with E-state index >= 15 is 0 Å². The molecule has 1 rings (SSSR count). The van der Waals surface area contributed by atoms with E-state index in [2.05, 4.69) is 6.92 Å². The Bertz CT molecular complexity index is 385. The highest BCUT2D eigenvalue weighted by molar-refractivity contribution is 5.72. The van der Waals surface area contributed by atoms with E-state index < -0.39 is 0 Å². The molecule has 94 valence electrons. The molecule has 0 radical (unpaired) electrons. The molecule has 17 heavy (non-hydrogen) atoms. The standard InChI is InChI=1S/C14H20O3/c1-5-11-9-13(16-3)7-6-12(11)8-10(2)14(15)17-4/h6-7,9-10H,5,8H2,1-4H3/t10-/m0/s1. The maximum atomic E-state index is 11.4. The van der Waals surface area contributed by atoms with Gasteiger partial charge in [-0.05, 0) is 36.1 Å². The van der Waals surface area contributed by atoms with Gasteiger partial charge in [-0.25, -0.2) is 0 Å². The van der Waals surface area contributed by atoms with Gasteiger partial charge in [0.05, 0.1) is 20.1 Å². The molecule has 0 bridgehead atoms. The van der Waals surface area contributed by atoms with Gasteiger partial charge in [0.2, 0.25) is 0 Å². The van der Waals surface area contributed by atoms with Gasteiger partial charge in [-0.2, -0.15) is 0 Å². The van der Waals surface area contributed by atoms with Crippen molar-refractivity contribution >= 4 is 5.97 Å². The Hall–Kier alpha value is -1.51. The average Bonchev–Trinajstić information content (AvgIpc) is 2.37. The second-order valence-electron chi connectivity index (χ2n) is 4.12. The third kappa shape index (κ3) is 3.48. The van der Waals surface area contributed by atoms with Crippen molar-refractivity contribution in [3.05, 3.63) is 29.3 Å². The van der Waals surface area contributed by atoms with E-state index in [-0.39, 0.29) is 11.9 Å². The lowest BCUT2D eigenvalue weighted by atomic mass is 9.95. The Balaban J connectivity index is 2.87. The molecule has 0 unspecified atom stereocenters. The minimum atomic E-state index is -0.164. The van der Waals surface area contributed by atoms with Gasteiger partial charge in [0.1, 0.15) is 5.75 Å². The highest BCUT2D eigenvalue weighted by Crippen LogP contribution is 2.21. The largest absolute Gasteiger partial charge is 0.497 e. The smallest absolute Gasteiger partial charge is 0.308 e. The minimum Gasteiger partial charge on any atom is -0.497 e. The molecule has 1 atom stereocenters. The van der Waals surface area contributed by atoms with Gasteiger partial charge in [-0.1, -0.05) is 19.9 Å². The van der Waals surface area contributed by atoms with E-state index in [0.29, 0.717) is 6.42 Å². The van der Waals surface area contributed by atoms with E-state index in [1.165, 1.54) is 18.2 Å². The highest BCUT2D eigenvalue weighted by atomic mass is 16.5. The summed E-state index contributed by atoms with van der Waals surface area (Å²) in [5, 5.41) is 0. The van der Waals surface area contributed by atoms with Crippen LogP contribution >= 0.6 is 0 Å². The summed E-state index contributed by atoms with van der Waals surface area (Å²) in [4.78, 5) is 11.4. The van der Waals surface area contributed by atoms with Crippen LogP contribution in [0.2, 0.25) is 0 Å². The average molecular weight is 236 g/mol. The highest BCUT2D eigenvalue weighted by Gasteiger charge is 2.15. The molecule has 0 saturated carbocycles. The molecular weight excluding hydrogens is 216 g/mol. The molecule has 0 aliphatic rings. The summed E-state index contributed by atoms with van der Waals surface area (Å²) in [6.45, 7) is 3.98. The molecule has 3 nitrogen and oxygen atoms in total. The van der Waals surface area contributed by atoms with Gasteiger partial charge in [0, 0.05) is 0 Å². The number of esters is 1. The van der Waals surface area contributed by atoms with Crippen molar-refractivity contribution in [1.29, 1.82) is 0 Å². The van der Waals surface area contributed by atoms with E-state index in [1.54, 1.807) is 7.11 Å². The van der Waals surface area contributed by atoms with Crippen LogP contribution in [0, 0.1) is 5.92 Å². The molecule has 0 aliphatic heterocycles. The van der Waals surface area contributed by atoms with Crippen LogP contribution in [-0.2, 0) is 22.4 Å². The first-order valence-corrected chi connectivity index (χ1v) is 5.86. The van der Waals surface area contributed by atoms with E-state index in [0.717, 1.165) is 12.2 Å². The molecule has 0 saturated heterocycles. The summed E-state index contributed by atoms with van der Waals surface area (Å²) in [6.07, 6.45) is 1.64. The van der Waals surface area contributed by atoms with Crippen LogP contribution in [-0.4, -0.2) is 20.2 Å². The Morgan fingerprint density at radius 3 is 2.53 bits per heavy atom. The topological polar surface area (TPSA) is 35.5 Å². The van der Waals surface area contributed by atoms with Crippen LogP contribution in [0.5, 0.6) is 5.75 Å². The molecule has 0 N–H and O–H groups in total. The molecule has 1 aromatic rings. The number of benzene rings is 1. The lowest BCUT2D eigenvalue weighted by Crippen LogP contribution is -2.15. The molecule has 3 heteroatoms. The summed E-state index contributed by atoms with van der Waals surface area (Å²) in [6, 6.07) is 5.98. The monoisotopic (exact) mass is 236 g/mol. The molecule has 0 aliphatic carbocycles. The van der Waals surface area contributed by atoms with Gasteiger partial charge in [0.15, 0.2) is 0 Å². The first-order chi connectivity index (χ1) is 8.12. The van der Waals surface area contributed by atoms with Gasteiger partial charge in [-0.15, -0.1) is 0 Å². The molecule has 0 aromatic heterocycles. The fraction of sp³-hybridized carbons (Fsp3) is 0.500. The quantitative estimate of drug-likeness (QED) is 0.737. The molecule has 0 spiro atoms. The third-order valence-corrected chi connectivity index (χ3v) is 2.92. The van der Waals surface area contributed by atoms with Gasteiger partial charge in [0.25, 0.3) is 0 Å². The number of methoxy groups -OCH3 is 2. The van der Waals surface area contributed by atoms with Crippen molar-refractivity contribution in [1.82, 2.24) is 0 Å². The predicted octanol–water partition coefficient (Wildman–Crippen LogP) is 2.61. The first-order valence-electron chi connectivity index (χ1n) is 5.86. The zero-order chi connectivity index (χ0) is 12.8. The van der Waals surface area contributed by atoms with Gasteiger partial charge in [-0.3, -0.25) is 4.79 Å². The van der Waals surface area contributed by atoms with Crippen molar-refractivity contribution in [2.24, 2.45) is 5.92 Å². The van der Waals surface area contributed by atoms with Crippen molar-refractivity contribution in [3.63, 3.8) is 0 Å². The number of aryl methyl sites for hydroxylation is 1. The van der Waals surface area contributed by atoms with E-state index in [4.69, 9.17) is 9.47 Å². The first kappa shape index (κ1) is 13.6. The van der Waals surface area contributed by atoms with Crippen molar-refractivity contribution in [2.45, 2.75) is 26.7 Å². The van der Waals surface area contributed by atoms with Crippen LogP contribution in [0.1, 0.15) is 25.0 Å². The molecule has 0 fully saturated rings. The Labute approximate surface area is 103 Å². The summed E-state index contributed by atoms with van der Waals surface area (Å²) in [5.41, 5.74) is 2.41. The molecule has 0 amide bonds. The molecular formula is C14H20O3. The summed E-state index contributed by atoms with van der Waals surface area (Å²) in [5.74, 6) is 0.581. The van der Waals surface area contributed by atoms with Crippen LogP contribution in [0.4, 0.5) is 0 Å². The second kappa shape index (κ2) is 6.28. The lowest BCUT2D eigenvalue weighted by molar-refractivity contribution is -0.144. The van der Waals surface area contributed by atoms with Gasteiger partial charge < -0.3 is 9.47 Å². The number of hydrogen-bond donors (Lipinski definition) is 0. The van der Waals surface area contributed by atoms with E-state index in [9.17, 15) is 4.79 Å². The summed E-state index contributed by atoms with van der Waals surface area (Å²) >= 11 is 0. The summed E-state index contributed by atoms with van der Waals surface area (Å²) in [7, 11) is 3.08. The summed E-state index contributed by atoms with van der Waals surface area (Å²) < 4.78 is 9.93. The van der Waals surface area contributed by atoms with Crippen LogP contribution in [0.15, 0.2) is 18.2 Å². The number of hydrogen-bond acceptors (Lipinski definition) is 3. The van der Waals surface area contributed by atoms with Crippen molar-refractivity contribution in [2.75, 3.05) is 14.2 Å². The molecule has 1 aromatic carbocycles. The fourth-order valence-corrected chi connectivity index (χ4v) is 1.87. The number of rotatable bonds is 5. The molecule has 0 heterocycles. The zero-order valence-corrected chi connectivity index (χ0v) is 10.9. The normalized spacial score (nSPS) is 12.0. The van der Waals surface area contributed by atoms with Crippen molar-refractivity contribution in [3.8, 4) is 5.75 Å². The van der Waals surface area contributed by atoms with Gasteiger partial charge >= 0.3 is 5.97 Å². The predicted molar refractivity (Wildman–Crippen MR) is 67.3 cm³/mol. The fourth-order valence-electron chi connectivity index (χ4n) is 1.87. The minimum absolute atomic E-state index is 0.112. The SMILES string of the molecule is CCc1cc(OC)ccc1C[C@H](C)C(=O)OC. The maximum absolute atomic E-state index is 11.4. The van der Waals surface area contributed by atoms with Crippen LogP contribution in [0.3, 0.4) is 0 Å². The van der Waals surface area contributed by atoms with Crippen molar-refractivity contribution < 1.29 is 14.3 Å². The third-order valence-electron chi connectivity index (χ3n) is 2.92. The Morgan fingerprint density at radius 1 is 1.29 bits per heavy atom. The van der Waals surface area contributed by atoms with Crippen LogP contribution < -0.4 is 4.74 Å².